The van der Waals surface area contributed by atoms with E-state index < -0.39 is 15.9 Å². The van der Waals surface area contributed by atoms with Gasteiger partial charge in [0.05, 0.1) is 11.5 Å². The van der Waals surface area contributed by atoms with Gasteiger partial charge in [-0.2, -0.15) is 0 Å². The van der Waals surface area contributed by atoms with Crippen LogP contribution in [0.2, 0.25) is 0 Å². The molecule has 3 rings (SSSR count). The summed E-state index contributed by atoms with van der Waals surface area (Å²) in [6.07, 6.45) is -0.212. The van der Waals surface area contributed by atoms with Gasteiger partial charge in [0, 0.05) is 6.04 Å². The molecule has 1 amide bonds. The highest BCUT2D eigenvalue weighted by Gasteiger charge is 2.30. The van der Waals surface area contributed by atoms with Crippen molar-refractivity contribution < 1.29 is 17.9 Å². The molecule has 1 saturated heterocycles. The zero-order chi connectivity index (χ0) is 16.4. The average molecular weight is 333 g/mol. The summed E-state index contributed by atoms with van der Waals surface area (Å²) in [6, 6.07) is 13.3. The topological polar surface area (TPSA) is 72.5 Å². The van der Waals surface area contributed by atoms with Gasteiger partial charge in [-0.1, -0.05) is 30.3 Å². The standard InChI is InChI=1S/C17H19NO4S/c1-12(17(19)18-15-8-9-23(20,21)11-15)22-16-7-6-13-4-2-3-5-14(13)10-16/h2-7,10,12,15H,8-9,11H2,1H3,(H,18,19)/t12-,15+/m1/s1. The summed E-state index contributed by atoms with van der Waals surface area (Å²) in [6.45, 7) is 1.66. The molecule has 0 aliphatic carbocycles. The molecule has 1 fully saturated rings. The van der Waals surface area contributed by atoms with E-state index in [-0.39, 0.29) is 23.5 Å². The van der Waals surface area contributed by atoms with Gasteiger partial charge in [0.25, 0.3) is 5.91 Å². The van der Waals surface area contributed by atoms with Crippen LogP contribution in [0.5, 0.6) is 5.75 Å². The normalized spacial score (nSPS) is 21.0. The van der Waals surface area contributed by atoms with Crippen molar-refractivity contribution in [2.24, 2.45) is 0 Å². The molecule has 0 radical (unpaired) electrons. The maximum Gasteiger partial charge on any atom is 0.261 e. The summed E-state index contributed by atoms with van der Waals surface area (Å²) in [5.74, 6) is 0.477. The fourth-order valence-corrected chi connectivity index (χ4v) is 4.40. The minimum atomic E-state index is -3.01. The first kappa shape index (κ1) is 15.8. The van der Waals surface area contributed by atoms with Crippen LogP contribution >= 0.6 is 0 Å². The average Bonchev–Trinajstić information content (AvgIpc) is 2.86. The Hall–Kier alpha value is -2.08. The monoisotopic (exact) mass is 333 g/mol. The lowest BCUT2D eigenvalue weighted by atomic mass is 10.1. The van der Waals surface area contributed by atoms with Crippen LogP contribution in [-0.4, -0.2) is 38.0 Å². The van der Waals surface area contributed by atoms with Gasteiger partial charge in [-0.15, -0.1) is 0 Å². The molecular weight excluding hydrogens is 314 g/mol. The van der Waals surface area contributed by atoms with Crippen LogP contribution in [0.1, 0.15) is 13.3 Å². The predicted octanol–water partition coefficient (Wildman–Crippen LogP) is 1.91. The van der Waals surface area contributed by atoms with Crippen LogP contribution in [0, 0.1) is 0 Å². The second kappa shape index (κ2) is 6.20. The number of nitrogens with one attached hydrogen (secondary N) is 1. The number of fused-ring (bicyclic) bond motifs is 1. The Balaban J connectivity index is 1.63. The number of hydrogen-bond acceptors (Lipinski definition) is 4. The van der Waals surface area contributed by atoms with Gasteiger partial charge in [-0.3, -0.25) is 4.79 Å². The Morgan fingerprint density at radius 3 is 2.65 bits per heavy atom. The number of hydrogen-bond donors (Lipinski definition) is 1. The van der Waals surface area contributed by atoms with Gasteiger partial charge in [0.2, 0.25) is 0 Å². The van der Waals surface area contributed by atoms with E-state index in [2.05, 4.69) is 5.32 Å². The number of carbonyl (C=O) groups is 1. The zero-order valence-electron chi connectivity index (χ0n) is 12.9. The molecule has 1 aliphatic rings. The molecule has 0 spiro atoms. The second-order valence-corrected chi connectivity index (χ2v) is 8.11. The first-order valence-corrected chi connectivity index (χ1v) is 9.41. The molecule has 23 heavy (non-hydrogen) atoms. The minimum Gasteiger partial charge on any atom is -0.481 e. The largest absolute Gasteiger partial charge is 0.481 e. The van der Waals surface area contributed by atoms with Crippen molar-refractivity contribution in [3.8, 4) is 5.75 Å². The van der Waals surface area contributed by atoms with Crippen molar-refractivity contribution in [3.63, 3.8) is 0 Å². The van der Waals surface area contributed by atoms with Crippen molar-refractivity contribution in [1.29, 1.82) is 0 Å². The molecule has 0 unspecified atom stereocenters. The van der Waals surface area contributed by atoms with Crippen molar-refractivity contribution in [1.82, 2.24) is 5.32 Å². The Bertz CT molecular complexity index is 831. The SMILES string of the molecule is C[C@@H](Oc1ccc2ccccc2c1)C(=O)N[C@H]1CCS(=O)(=O)C1. The fraction of sp³-hybridized carbons (Fsp3) is 0.353. The lowest BCUT2D eigenvalue weighted by molar-refractivity contribution is -0.127. The van der Waals surface area contributed by atoms with Gasteiger partial charge in [0.1, 0.15) is 5.75 Å². The maximum atomic E-state index is 12.1. The van der Waals surface area contributed by atoms with E-state index in [1.54, 1.807) is 6.92 Å². The van der Waals surface area contributed by atoms with E-state index in [0.717, 1.165) is 10.8 Å². The Morgan fingerprint density at radius 2 is 1.96 bits per heavy atom. The van der Waals surface area contributed by atoms with E-state index >= 15 is 0 Å². The number of benzene rings is 2. The van der Waals surface area contributed by atoms with Crippen LogP contribution in [0.15, 0.2) is 42.5 Å². The van der Waals surface area contributed by atoms with Gasteiger partial charge >= 0.3 is 0 Å². The molecule has 0 aromatic heterocycles. The smallest absolute Gasteiger partial charge is 0.261 e. The molecule has 1 heterocycles. The summed E-state index contributed by atoms with van der Waals surface area (Å²) < 4.78 is 28.5. The number of sulfone groups is 1. The summed E-state index contributed by atoms with van der Waals surface area (Å²) in [5.41, 5.74) is 0. The third-order valence-electron chi connectivity index (χ3n) is 3.98. The number of rotatable bonds is 4. The van der Waals surface area contributed by atoms with Crippen LogP contribution < -0.4 is 10.1 Å². The van der Waals surface area contributed by atoms with Crippen molar-refractivity contribution in [2.75, 3.05) is 11.5 Å². The van der Waals surface area contributed by atoms with Crippen molar-refractivity contribution in [2.45, 2.75) is 25.5 Å². The van der Waals surface area contributed by atoms with Gasteiger partial charge in [-0.05, 0) is 36.2 Å². The van der Waals surface area contributed by atoms with Crippen LogP contribution in [0.4, 0.5) is 0 Å². The van der Waals surface area contributed by atoms with E-state index in [4.69, 9.17) is 4.74 Å². The Labute approximate surface area is 135 Å². The third kappa shape index (κ3) is 3.82. The summed E-state index contributed by atoms with van der Waals surface area (Å²) in [4.78, 5) is 12.1. The quantitative estimate of drug-likeness (QED) is 0.928. The predicted molar refractivity (Wildman–Crippen MR) is 89.2 cm³/mol. The van der Waals surface area contributed by atoms with E-state index in [9.17, 15) is 13.2 Å². The van der Waals surface area contributed by atoms with Crippen LogP contribution in [0.25, 0.3) is 10.8 Å². The highest BCUT2D eigenvalue weighted by molar-refractivity contribution is 7.91. The molecule has 2 atom stereocenters. The molecule has 5 nitrogen and oxygen atoms in total. The molecule has 0 bridgehead atoms. The number of ether oxygens (including phenoxy) is 1. The lowest BCUT2D eigenvalue weighted by Crippen LogP contribution is -2.43. The molecule has 1 aliphatic heterocycles. The minimum absolute atomic E-state index is 0.0153. The maximum absolute atomic E-state index is 12.1. The summed E-state index contributed by atoms with van der Waals surface area (Å²) >= 11 is 0. The first-order chi connectivity index (χ1) is 10.9. The second-order valence-electron chi connectivity index (χ2n) is 5.88. The molecule has 6 heteroatoms. The van der Waals surface area contributed by atoms with Crippen molar-refractivity contribution >= 4 is 26.5 Å². The summed E-state index contributed by atoms with van der Waals surface area (Å²) in [5, 5.41) is 4.89. The van der Waals surface area contributed by atoms with Gasteiger partial charge in [0.15, 0.2) is 15.9 Å². The van der Waals surface area contributed by atoms with E-state index in [1.807, 2.05) is 42.5 Å². The van der Waals surface area contributed by atoms with E-state index in [1.165, 1.54) is 0 Å². The number of amides is 1. The van der Waals surface area contributed by atoms with Crippen LogP contribution in [-0.2, 0) is 14.6 Å². The highest BCUT2D eigenvalue weighted by Crippen LogP contribution is 2.21. The zero-order valence-corrected chi connectivity index (χ0v) is 13.7. The highest BCUT2D eigenvalue weighted by atomic mass is 32.2. The summed E-state index contributed by atoms with van der Waals surface area (Å²) in [7, 11) is -3.01. The Kier molecular flexibility index (Phi) is 4.26. The molecule has 2 aromatic rings. The van der Waals surface area contributed by atoms with E-state index in [0.29, 0.717) is 12.2 Å². The first-order valence-electron chi connectivity index (χ1n) is 7.59. The third-order valence-corrected chi connectivity index (χ3v) is 5.75. The van der Waals surface area contributed by atoms with Gasteiger partial charge < -0.3 is 10.1 Å². The number of carbonyl (C=O) groups excluding carboxylic acids is 1. The molecule has 122 valence electrons. The molecular formula is C17H19NO4S. The molecule has 2 aromatic carbocycles. The fourth-order valence-electron chi connectivity index (χ4n) is 2.73. The molecule has 0 saturated carbocycles. The Morgan fingerprint density at radius 1 is 1.22 bits per heavy atom. The lowest BCUT2D eigenvalue weighted by Gasteiger charge is -2.17. The van der Waals surface area contributed by atoms with Gasteiger partial charge in [-0.25, -0.2) is 8.42 Å². The molecule has 1 N–H and O–H groups in total. The van der Waals surface area contributed by atoms with Crippen molar-refractivity contribution in [3.05, 3.63) is 42.5 Å². The van der Waals surface area contributed by atoms with Crippen LogP contribution in [0.3, 0.4) is 0 Å².